The van der Waals surface area contributed by atoms with E-state index >= 15 is 0 Å². The Balaban J connectivity index is 1.78. The molecule has 0 fully saturated rings. The minimum atomic E-state index is -0.609. The van der Waals surface area contributed by atoms with Gasteiger partial charge in [-0.2, -0.15) is 0 Å². The molecular formula is C25H27N3O3. The van der Waals surface area contributed by atoms with Crippen molar-refractivity contribution in [1.29, 1.82) is 0 Å². The molecule has 0 saturated carbocycles. The number of benzene rings is 3. The molecule has 6 nitrogen and oxygen atoms in total. The Morgan fingerprint density at radius 1 is 0.871 bits per heavy atom. The largest absolute Gasteiger partial charge is 0.497 e. The number of para-hydroxylation sites is 1. The standard InChI is InChI=1S/C25H27N3O3/c1-3-28(18-23(29)26-21-15-10-16-22(17-21)31-2)24(19-11-6-4-7-12-19)25(30)27-20-13-8-5-9-14-20/h4-17,24H,3,18H2,1-2H3,(H,26,29)(H,27,30). The number of amides is 2. The van der Waals surface area contributed by atoms with E-state index in [9.17, 15) is 9.59 Å². The van der Waals surface area contributed by atoms with Gasteiger partial charge in [0.1, 0.15) is 11.8 Å². The van der Waals surface area contributed by atoms with Gasteiger partial charge < -0.3 is 15.4 Å². The van der Waals surface area contributed by atoms with E-state index in [1.54, 1.807) is 19.2 Å². The first-order valence-electron chi connectivity index (χ1n) is 10.2. The number of carbonyl (C=O) groups excluding carboxylic acids is 2. The van der Waals surface area contributed by atoms with Crippen LogP contribution in [-0.2, 0) is 9.59 Å². The summed E-state index contributed by atoms with van der Waals surface area (Å²) in [4.78, 5) is 27.9. The van der Waals surface area contributed by atoms with Gasteiger partial charge in [0.15, 0.2) is 0 Å². The van der Waals surface area contributed by atoms with Crippen molar-refractivity contribution in [3.63, 3.8) is 0 Å². The predicted octanol–water partition coefficient (Wildman–Crippen LogP) is 4.34. The van der Waals surface area contributed by atoms with Crippen molar-refractivity contribution < 1.29 is 14.3 Å². The molecule has 0 heterocycles. The van der Waals surface area contributed by atoms with Gasteiger partial charge in [-0.25, -0.2) is 0 Å². The zero-order chi connectivity index (χ0) is 22.1. The molecule has 0 aliphatic rings. The number of likely N-dealkylation sites (N-methyl/N-ethyl adjacent to an activating group) is 1. The van der Waals surface area contributed by atoms with Crippen molar-refractivity contribution in [2.75, 3.05) is 30.8 Å². The average Bonchev–Trinajstić information content (AvgIpc) is 2.80. The van der Waals surface area contributed by atoms with Gasteiger partial charge in [0.2, 0.25) is 11.8 Å². The minimum Gasteiger partial charge on any atom is -0.497 e. The molecule has 0 aliphatic heterocycles. The number of hydrogen-bond acceptors (Lipinski definition) is 4. The highest BCUT2D eigenvalue weighted by molar-refractivity contribution is 5.97. The Kier molecular flexibility index (Phi) is 7.79. The number of nitrogens with one attached hydrogen (secondary N) is 2. The Morgan fingerprint density at radius 3 is 2.16 bits per heavy atom. The van der Waals surface area contributed by atoms with Gasteiger partial charge >= 0.3 is 0 Å². The second-order valence-corrected chi connectivity index (χ2v) is 7.01. The highest BCUT2D eigenvalue weighted by Crippen LogP contribution is 2.23. The molecule has 0 aromatic heterocycles. The third-order valence-corrected chi connectivity index (χ3v) is 4.88. The number of anilines is 2. The molecule has 0 saturated heterocycles. The maximum Gasteiger partial charge on any atom is 0.246 e. The Morgan fingerprint density at radius 2 is 1.52 bits per heavy atom. The topological polar surface area (TPSA) is 70.7 Å². The van der Waals surface area contributed by atoms with Crippen LogP contribution >= 0.6 is 0 Å². The van der Waals surface area contributed by atoms with E-state index in [1.165, 1.54) is 0 Å². The number of rotatable bonds is 9. The van der Waals surface area contributed by atoms with Crippen LogP contribution in [0.4, 0.5) is 11.4 Å². The van der Waals surface area contributed by atoms with Crippen LogP contribution in [0.3, 0.4) is 0 Å². The summed E-state index contributed by atoms with van der Waals surface area (Å²) in [5.74, 6) is 0.270. The van der Waals surface area contributed by atoms with Crippen LogP contribution in [-0.4, -0.2) is 36.9 Å². The molecule has 1 unspecified atom stereocenters. The van der Waals surface area contributed by atoms with E-state index in [2.05, 4.69) is 10.6 Å². The molecule has 3 aromatic carbocycles. The van der Waals surface area contributed by atoms with E-state index in [1.807, 2.05) is 84.6 Å². The molecular weight excluding hydrogens is 390 g/mol. The van der Waals surface area contributed by atoms with E-state index in [0.29, 0.717) is 23.7 Å². The van der Waals surface area contributed by atoms with E-state index in [0.717, 1.165) is 5.56 Å². The molecule has 31 heavy (non-hydrogen) atoms. The monoisotopic (exact) mass is 417 g/mol. The van der Waals surface area contributed by atoms with Crippen molar-refractivity contribution in [3.05, 3.63) is 90.5 Å². The maximum atomic E-state index is 13.2. The summed E-state index contributed by atoms with van der Waals surface area (Å²) in [6, 6.07) is 25.4. The molecule has 2 N–H and O–H groups in total. The molecule has 0 aliphatic carbocycles. The third-order valence-electron chi connectivity index (χ3n) is 4.88. The zero-order valence-corrected chi connectivity index (χ0v) is 17.7. The van der Waals surface area contributed by atoms with Gasteiger partial charge in [-0.05, 0) is 36.4 Å². The SMILES string of the molecule is CCN(CC(=O)Nc1cccc(OC)c1)C(C(=O)Nc1ccccc1)c1ccccc1. The second kappa shape index (κ2) is 10.9. The van der Waals surface area contributed by atoms with Crippen LogP contribution in [0.5, 0.6) is 5.75 Å². The quantitative estimate of drug-likeness (QED) is 0.544. The van der Waals surface area contributed by atoms with Crippen molar-refractivity contribution in [1.82, 2.24) is 4.90 Å². The van der Waals surface area contributed by atoms with Crippen molar-refractivity contribution >= 4 is 23.2 Å². The lowest BCUT2D eigenvalue weighted by atomic mass is 10.0. The minimum absolute atomic E-state index is 0.0650. The highest BCUT2D eigenvalue weighted by atomic mass is 16.5. The number of carbonyl (C=O) groups is 2. The molecule has 0 radical (unpaired) electrons. The molecule has 160 valence electrons. The van der Waals surface area contributed by atoms with Crippen molar-refractivity contribution in [2.45, 2.75) is 13.0 Å². The summed E-state index contributed by atoms with van der Waals surface area (Å²) in [5, 5.41) is 5.85. The van der Waals surface area contributed by atoms with Gasteiger partial charge in [-0.15, -0.1) is 0 Å². The van der Waals surface area contributed by atoms with Crippen LogP contribution in [0.2, 0.25) is 0 Å². The zero-order valence-electron chi connectivity index (χ0n) is 17.7. The fourth-order valence-corrected chi connectivity index (χ4v) is 3.37. The van der Waals surface area contributed by atoms with Crippen LogP contribution in [0.15, 0.2) is 84.9 Å². The summed E-state index contributed by atoms with van der Waals surface area (Å²) in [7, 11) is 1.58. The molecule has 3 aromatic rings. The van der Waals surface area contributed by atoms with Crippen molar-refractivity contribution in [2.24, 2.45) is 0 Å². The van der Waals surface area contributed by atoms with Gasteiger partial charge in [0.05, 0.1) is 13.7 Å². The lowest BCUT2D eigenvalue weighted by Gasteiger charge is -2.29. The van der Waals surface area contributed by atoms with Gasteiger partial charge in [-0.3, -0.25) is 14.5 Å². The summed E-state index contributed by atoms with van der Waals surface area (Å²) < 4.78 is 5.21. The van der Waals surface area contributed by atoms with Crippen LogP contribution in [0, 0.1) is 0 Å². The fourth-order valence-electron chi connectivity index (χ4n) is 3.37. The number of methoxy groups -OCH3 is 1. The fraction of sp³-hybridized carbons (Fsp3) is 0.200. The third kappa shape index (κ3) is 6.17. The van der Waals surface area contributed by atoms with Crippen LogP contribution < -0.4 is 15.4 Å². The Bertz CT molecular complexity index is 993. The summed E-state index contributed by atoms with van der Waals surface area (Å²) in [6.45, 7) is 2.52. The van der Waals surface area contributed by atoms with Gasteiger partial charge in [0.25, 0.3) is 0 Å². The average molecular weight is 418 g/mol. The summed E-state index contributed by atoms with van der Waals surface area (Å²) >= 11 is 0. The summed E-state index contributed by atoms with van der Waals surface area (Å²) in [5.41, 5.74) is 2.18. The smallest absolute Gasteiger partial charge is 0.246 e. The second-order valence-electron chi connectivity index (χ2n) is 7.01. The first-order chi connectivity index (χ1) is 15.1. The summed E-state index contributed by atoms with van der Waals surface area (Å²) in [6.07, 6.45) is 0. The van der Waals surface area contributed by atoms with E-state index < -0.39 is 6.04 Å². The number of nitrogens with zero attached hydrogens (tertiary/aromatic N) is 1. The molecule has 0 spiro atoms. The normalized spacial score (nSPS) is 11.6. The molecule has 2 amide bonds. The van der Waals surface area contributed by atoms with Crippen LogP contribution in [0.25, 0.3) is 0 Å². The molecule has 1 atom stereocenters. The Hall–Kier alpha value is -3.64. The van der Waals surface area contributed by atoms with E-state index in [4.69, 9.17) is 4.74 Å². The van der Waals surface area contributed by atoms with Crippen molar-refractivity contribution in [3.8, 4) is 5.75 Å². The lowest BCUT2D eigenvalue weighted by molar-refractivity contribution is -0.123. The maximum absolute atomic E-state index is 13.2. The molecule has 3 rings (SSSR count). The van der Waals surface area contributed by atoms with Crippen LogP contribution in [0.1, 0.15) is 18.5 Å². The van der Waals surface area contributed by atoms with E-state index in [-0.39, 0.29) is 18.4 Å². The number of ether oxygens (including phenoxy) is 1. The first kappa shape index (κ1) is 22.1. The van der Waals surface area contributed by atoms with Gasteiger partial charge in [-0.1, -0.05) is 61.5 Å². The lowest BCUT2D eigenvalue weighted by Crippen LogP contribution is -2.41. The predicted molar refractivity (Wildman–Crippen MR) is 123 cm³/mol. The molecule has 0 bridgehead atoms. The van der Waals surface area contributed by atoms with Gasteiger partial charge in [0, 0.05) is 17.4 Å². The number of hydrogen-bond donors (Lipinski definition) is 2. The first-order valence-corrected chi connectivity index (χ1v) is 10.2. The molecule has 6 heteroatoms. The Labute approximate surface area is 182 Å². The highest BCUT2D eigenvalue weighted by Gasteiger charge is 2.28.